The molecule has 3 rings (SSSR count). The normalized spacial score (nSPS) is 19.9. The van der Waals surface area contributed by atoms with Crippen molar-refractivity contribution in [2.75, 3.05) is 67.6 Å². The Balaban J connectivity index is 1.60. The van der Waals surface area contributed by atoms with Crippen LogP contribution in [0.25, 0.3) is 0 Å². The van der Waals surface area contributed by atoms with E-state index in [0.29, 0.717) is 6.04 Å². The highest BCUT2D eigenvalue weighted by Crippen LogP contribution is 2.33. The van der Waals surface area contributed by atoms with Gasteiger partial charge in [-0.15, -0.1) is 0 Å². The number of fused-ring (bicyclic) bond motifs is 1. The topological polar surface area (TPSA) is 52.6 Å². The molecule has 0 aliphatic carbocycles. The van der Waals surface area contributed by atoms with Crippen LogP contribution in [-0.4, -0.2) is 94.3 Å². The third-order valence-corrected chi connectivity index (χ3v) is 5.95. The highest BCUT2D eigenvalue weighted by atomic mass is 16.5. The molecule has 0 aromatic heterocycles. The summed E-state index contributed by atoms with van der Waals surface area (Å²) in [6.45, 7) is 9.55. The van der Waals surface area contributed by atoms with Crippen molar-refractivity contribution in [3.63, 3.8) is 0 Å². The molecule has 1 fully saturated rings. The summed E-state index contributed by atoms with van der Waals surface area (Å²) in [5.41, 5.74) is 2.61. The number of rotatable bonds is 5. The van der Waals surface area contributed by atoms with Crippen molar-refractivity contribution in [1.29, 1.82) is 0 Å². The van der Waals surface area contributed by atoms with Gasteiger partial charge in [-0.05, 0) is 43.7 Å². The van der Waals surface area contributed by atoms with Crippen molar-refractivity contribution in [3.8, 4) is 11.5 Å². The number of likely N-dealkylation sites (N-methyl/N-ethyl adjacent to an activating group) is 1. The number of nitrogens with zero attached hydrogens (tertiary/aromatic N) is 4. The molecule has 1 unspecified atom stereocenters. The Kier molecular flexibility index (Phi) is 7.02. The first kappa shape index (κ1) is 20.7. The van der Waals surface area contributed by atoms with Crippen LogP contribution >= 0.6 is 0 Å². The van der Waals surface area contributed by atoms with E-state index in [9.17, 15) is 0 Å². The van der Waals surface area contributed by atoms with Gasteiger partial charge in [0.1, 0.15) is 0 Å². The van der Waals surface area contributed by atoms with Crippen LogP contribution in [0.5, 0.6) is 11.5 Å². The minimum atomic E-state index is 0.492. The van der Waals surface area contributed by atoms with E-state index < -0.39 is 0 Å². The molecular weight excluding hydrogens is 354 g/mol. The van der Waals surface area contributed by atoms with E-state index in [1.165, 1.54) is 11.1 Å². The van der Waals surface area contributed by atoms with E-state index in [-0.39, 0.29) is 0 Å². The van der Waals surface area contributed by atoms with Gasteiger partial charge in [-0.25, -0.2) is 0 Å². The summed E-state index contributed by atoms with van der Waals surface area (Å²) >= 11 is 0. The molecule has 2 aliphatic heterocycles. The Labute approximate surface area is 169 Å². The average molecular weight is 390 g/mol. The van der Waals surface area contributed by atoms with Gasteiger partial charge in [0.2, 0.25) is 0 Å². The van der Waals surface area contributed by atoms with Gasteiger partial charge in [-0.2, -0.15) is 0 Å². The maximum absolute atomic E-state index is 5.48. The fourth-order valence-corrected chi connectivity index (χ4v) is 4.03. The van der Waals surface area contributed by atoms with Crippen molar-refractivity contribution in [2.45, 2.75) is 25.9 Å². The molecular formula is C21H35N5O2. The van der Waals surface area contributed by atoms with E-state index in [2.05, 4.69) is 51.1 Å². The summed E-state index contributed by atoms with van der Waals surface area (Å²) in [7, 11) is 7.44. The highest BCUT2D eigenvalue weighted by molar-refractivity contribution is 5.80. The number of benzene rings is 1. The fraction of sp³-hybridized carbons (Fsp3) is 0.667. The zero-order valence-electron chi connectivity index (χ0n) is 18.0. The van der Waals surface area contributed by atoms with Crippen molar-refractivity contribution >= 4 is 5.96 Å². The summed E-state index contributed by atoms with van der Waals surface area (Å²) in [5.74, 6) is 2.56. The molecule has 1 N–H and O–H groups in total. The lowest BCUT2D eigenvalue weighted by atomic mass is 9.99. The molecule has 0 bridgehead atoms. The summed E-state index contributed by atoms with van der Waals surface area (Å²) in [4.78, 5) is 11.8. The van der Waals surface area contributed by atoms with E-state index in [4.69, 9.17) is 9.47 Å². The van der Waals surface area contributed by atoms with Gasteiger partial charge in [0.25, 0.3) is 0 Å². The molecule has 0 saturated carbocycles. The molecule has 1 saturated heterocycles. The molecule has 156 valence electrons. The standard InChI is InChI=1S/C21H35N5O2/c1-16(25-10-8-24(3)9-11-25)14-23-21(22-2)26-7-6-17-12-19(27-4)20(28-5)13-18(17)15-26/h12-13,16H,6-11,14-15H2,1-5H3,(H,22,23). The Morgan fingerprint density at radius 3 is 2.32 bits per heavy atom. The summed E-state index contributed by atoms with van der Waals surface area (Å²) in [5, 5.41) is 3.59. The Morgan fingerprint density at radius 1 is 1.07 bits per heavy atom. The third-order valence-electron chi connectivity index (χ3n) is 5.95. The van der Waals surface area contributed by atoms with Crippen LogP contribution in [0.15, 0.2) is 17.1 Å². The minimum absolute atomic E-state index is 0.492. The van der Waals surface area contributed by atoms with E-state index >= 15 is 0 Å². The van der Waals surface area contributed by atoms with Gasteiger partial charge in [-0.3, -0.25) is 9.89 Å². The second-order valence-electron chi connectivity index (χ2n) is 7.76. The van der Waals surface area contributed by atoms with Gasteiger partial charge < -0.3 is 24.6 Å². The highest BCUT2D eigenvalue weighted by Gasteiger charge is 2.23. The lowest BCUT2D eigenvalue weighted by molar-refractivity contribution is 0.119. The van der Waals surface area contributed by atoms with Crippen LogP contribution in [0.2, 0.25) is 0 Å². The second kappa shape index (κ2) is 9.47. The van der Waals surface area contributed by atoms with E-state index in [0.717, 1.165) is 69.7 Å². The van der Waals surface area contributed by atoms with Crippen LogP contribution in [-0.2, 0) is 13.0 Å². The first-order chi connectivity index (χ1) is 13.5. The summed E-state index contributed by atoms with van der Waals surface area (Å²) in [6.07, 6.45) is 0.977. The molecule has 0 spiro atoms. The van der Waals surface area contributed by atoms with Crippen LogP contribution in [0, 0.1) is 0 Å². The zero-order chi connectivity index (χ0) is 20.1. The Bertz CT molecular complexity index is 686. The maximum atomic E-state index is 5.48. The minimum Gasteiger partial charge on any atom is -0.493 e. The van der Waals surface area contributed by atoms with E-state index in [1.54, 1.807) is 14.2 Å². The molecule has 1 aromatic rings. The van der Waals surface area contributed by atoms with Crippen molar-refractivity contribution in [1.82, 2.24) is 20.0 Å². The predicted molar refractivity (Wildman–Crippen MR) is 114 cm³/mol. The molecule has 7 nitrogen and oxygen atoms in total. The Morgan fingerprint density at radius 2 is 1.71 bits per heavy atom. The zero-order valence-corrected chi connectivity index (χ0v) is 18.0. The molecule has 0 amide bonds. The molecule has 1 aromatic carbocycles. The van der Waals surface area contributed by atoms with E-state index in [1.807, 2.05) is 7.05 Å². The number of hydrogen-bond donors (Lipinski definition) is 1. The molecule has 2 aliphatic rings. The number of aliphatic imine (C=N–C) groups is 1. The molecule has 2 heterocycles. The number of guanidine groups is 1. The first-order valence-corrected chi connectivity index (χ1v) is 10.2. The van der Waals surface area contributed by atoms with Crippen molar-refractivity contribution in [2.24, 2.45) is 4.99 Å². The van der Waals surface area contributed by atoms with Crippen molar-refractivity contribution in [3.05, 3.63) is 23.3 Å². The summed E-state index contributed by atoms with van der Waals surface area (Å²) in [6, 6.07) is 4.70. The fourth-order valence-electron chi connectivity index (χ4n) is 4.03. The smallest absolute Gasteiger partial charge is 0.194 e. The number of ether oxygens (including phenoxy) is 2. The monoisotopic (exact) mass is 389 g/mol. The second-order valence-corrected chi connectivity index (χ2v) is 7.76. The predicted octanol–water partition coefficient (Wildman–Crippen LogP) is 1.27. The quantitative estimate of drug-likeness (QED) is 0.605. The lowest BCUT2D eigenvalue weighted by Gasteiger charge is -2.37. The number of methoxy groups -OCH3 is 2. The third kappa shape index (κ3) is 4.70. The largest absolute Gasteiger partial charge is 0.493 e. The van der Waals surface area contributed by atoms with Crippen LogP contribution < -0.4 is 14.8 Å². The molecule has 1 atom stereocenters. The van der Waals surface area contributed by atoms with Gasteiger partial charge in [0.15, 0.2) is 17.5 Å². The molecule has 28 heavy (non-hydrogen) atoms. The van der Waals surface area contributed by atoms with Gasteiger partial charge >= 0.3 is 0 Å². The summed E-state index contributed by atoms with van der Waals surface area (Å²) < 4.78 is 10.9. The number of nitrogens with one attached hydrogen (secondary N) is 1. The first-order valence-electron chi connectivity index (χ1n) is 10.2. The maximum Gasteiger partial charge on any atom is 0.194 e. The average Bonchev–Trinajstić information content (AvgIpc) is 2.73. The van der Waals surface area contributed by atoms with Crippen LogP contribution in [0.1, 0.15) is 18.1 Å². The SMILES string of the molecule is CN=C(NCC(C)N1CCN(C)CC1)N1CCc2cc(OC)c(OC)cc2C1. The lowest BCUT2D eigenvalue weighted by Crippen LogP contribution is -2.53. The van der Waals surface area contributed by atoms with Crippen molar-refractivity contribution < 1.29 is 9.47 Å². The van der Waals surface area contributed by atoms with Gasteiger partial charge in [0.05, 0.1) is 14.2 Å². The van der Waals surface area contributed by atoms with Gasteiger partial charge in [-0.1, -0.05) is 0 Å². The Hall–Kier alpha value is -1.99. The van der Waals surface area contributed by atoms with Gasteiger partial charge in [0, 0.05) is 58.9 Å². The van der Waals surface area contributed by atoms with Crippen LogP contribution in [0.4, 0.5) is 0 Å². The number of piperazine rings is 1. The molecule has 7 heteroatoms. The molecule has 0 radical (unpaired) electrons. The van der Waals surface area contributed by atoms with Crippen LogP contribution in [0.3, 0.4) is 0 Å². The number of hydrogen-bond acceptors (Lipinski definition) is 5.